The molecule has 140 valence electrons. The Balaban J connectivity index is 1.72. The molecule has 1 fully saturated rings. The molecule has 1 unspecified atom stereocenters. The molecule has 8 nitrogen and oxygen atoms in total. The van der Waals surface area contributed by atoms with Crippen LogP contribution in [0.3, 0.4) is 0 Å². The number of halogens is 1. The Morgan fingerprint density at radius 2 is 1.96 bits per heavy atom. The van der Waals surface area contributed by atoms with Crippen molar-refractivity contribution in [1.82, 2.24) is 10.2 Å². The predicted molar refractivity (Wildman–Crippen MR) is 97.6 cm³/mol. The SMILES string of the molecule is CC1(c2cccc([N+](=O)[O-])c2)NC(=O)N(CCOc2cccc(Cl)c2)C1=O. The van der Waals surface area contributed by atoms with Crippen LogP contribution in [0, 0.1) is 10.1 Å². The van der Waals surface area contributed by atoms with Crippen LogP contribution in [0.25, 0.3) is 0 Å². The summed E-state index contributed by atoms with van der Waals surface area (Å²) in [6, 6.07) is 11.8. The smallest absolute Gasteiger partial charge is 0.325 e. The van der Waals surface area contributed by atoms with Gasteiger partial charge in [0.1, 0.15) is 17.9 Å². The van der Waals surface area contributed by atoms with Crippen molar-refractivity contribution in [2.24, 2.45) is 0 Å². The maximum absolute atomic E-state index is 12.8. The zero-order valence-electron chi connectivity index (χ0n) is 14.3. The van der Waals surface area contributed by atoms with Crippen LogP contribution in [0.4, 0.5) is 10.5 Å². The molecule has 3 rings (SSSR count). The molecule has 0 bridgehead atoms. The quantitative estimate of drug-likeness (QED) is 0.464. The van der Waals surface area contributed by atoms with Gasteiger partial charge >= 0.3 is 6.03 Å². The van der Waals surface area contributed by atoms with Gasteiger partial charge in [0.2, 0.25) is 0 Å². The third kappa shape index (κ3) is 3.70. The summed E-state index contributed by atoms with van der Waals surface area (Å²) in [6.45, 7) is 1.64. The fourth-order valence-corrected chi connectivity index (χ4v) is 3.02. The minimum atomic E-state index is -1.38. The van der Waals surface area contributed by atoms with E-state index in [1.165, 1.54) is 25.1 Å². The first-order valence-corrected chi connectivity index (χ1v) is 8.46. The summed E-state index contributed by atoms with van der Waals surface area (Å²) in [5.41, 5.74) is -1.19. The lowest BCUT2D eigenvalue weighted by atomic mass is 9.91. The second-order valence-corrected chi connectivity index (χ2v) is 6.56. The van der Waals surface area contributed by atoms with E-state index in [4.69, 9.17) is 16.3 Å². The van der Waals surface area contributed by atoms with Crippen LogP contribution >= 0.6 is 11.6 Å². The Kier molecular flexibility index (Phi) is 5.00. The van der Waals surface area contributed by atoms with Gasteiger partial charge in [-0.05, 0) is 30.7 Å². The lowest BCUT2D eigenvalue weighted by molar-refractivity contribution is -0.385. The van der Waals surface area contributed by atoms with E-state index in [0.29, 0.717) is 16.3 Å². The monoisotopic (exact) mass is 389 g/mol. The van der Waals surface area contributed by atoms with Crippen LogP contribution in [0.2, 0.25) is 5.02 Å². The van der Waals surface area contributed by atoms with Gasteiger partial charge in [0.15, 0.2) is 0 Å². The number of urea groups is 1. The molecule has 1 N–H and O–H groups in total. The van der Waals surface area contributed by atoms with Crippen molar-refractivity contribution < 1.29 is 19.2 Å². The molecule has 3 amide bonds. The van der Waals surface area contributed by atoms with Crippen LogP contribution in [-0.4, -0.2) is 34.9 Å². The molecule has 9 heteroatoms. The molecular formula is C18H16ClN3O5. The fourth-order valence-electron chi connectivity index (χ4n) is 2.84. The number of nitrogens with zero attached hydrogens (tertiary/aromatic N) is 2. The third-order valence-electron chi connectivity index (χ3n) is 4.29. The highest BCUT2D eigenvalue weighted by Crippen LogP contribution is 2.30. The molecule has 1 heterocycles. The number of non-ortho nitro benzene ring substituents is 1. The first kappa shape index (κ1) is 18.7. The lowest BCUT2D eigenvalue weighted by Gasteiger charge is -2.22. The largest absolute Gasteiger partial charge is 0.492 e. The van der Waals surface area contributed by atoms with Gasteiger partial charge in [-0.25, -0.2) is 4.79 Å². The first-order valence-electron chi connectivity index (χ1n) is 8.08. The number of imide groups is 1. The average Bonchev–Trinajstić information content (AvgIpc) is 2.86. The average molecular weight is 390 g/mol. The summed E-state index contributed by atoms with van der Waals surface area (Å²) in [6.07, 6.45) is 0. The molecule has 0 aliphatic carbocycles. The summed E-state index contributed by atoms with van der Waals surface area (Å²) < 4.78 is 5.52. The predicted octanol–water partition coefficient (Wildman–Crippen LogP) is 3.09. The number of nitrogens with one attached hydrogen (secondary N) is 1. The first-order chi connectivity index (χ1) is 12.8. The van der Waals surface area contributed by atoms with Crippen LogP contribution in [-0.2, 0) is 10.3 Å². The summed E-state index contributed by atoms with van der Waals surface area (Å²) >= 11 is 5.88. The number of carbonyl (C=O) groups is 2. The minimum Gasteiger partial charge on any atom is -0.492 e. The van der Waals surface area contributed by atoms with E-state index in [0.717, 1.165) is 4.90 Å². The van der Waals surface area contributed by atoms with Crippen molar-refractivity contribution in [3.05, 3.63) is 69.2 Å². The van der Waals surface area contributed by atoms with Crippen molar-refractivity contribution in [1.29, 1.82) is 0 Å². The van der Waals surface area contributed by atoms with E-state index < -0.39 is 22.4 Å². The van der Waals surface area contributed by atoms with E-state index in [9.17, 15) is 19.7 Å². The zero-order valence-corrected chi connectivity index (χ0v) is 15.1. The number of hydrogen-bond donors (Lipinski definition) is 1. The van der Waals surface area contributed by atoms with E-state index in [1.807, 2.05) is 0 Å². The van der Waals surface area contributed by atoms with Crippen LogP contribution in [0.5, 0.6) is 5.75 Å². The van der Waals surface area contributed by atoms with E-state index in [1.54, 1.807) is 30.3 Å². The van der Waals surface area contributed by atoms with Crippen LogP contribution in [0.1, 0.15) is 12.5 Å². The van der Waals surface area contributed by atoms with Gasteiger partial charge < -0.3 is 10.1 Å². The summed E-state index contributed by atoms with van der Waals surface area (Å²) in [7, 11) is 0. The third-order valence-corrected chi connectivity index (χ3v) is 4.52. The molecule has 0 spiro atoms. The molecular weight excluding hydrogens is 374 g/mol. The Morgan fingerprint density at radius 1 is 1.22 bits per heavy atom. The maximum atomic E-state index is 12.8. The number of carbonyl (C=O) groups excluding carboxylic acids is 2. The van der Waals surface area contributed by atoms with Gasteiger partial charge in [0.25, 0.3) is 11.6 Å². The molecule has 1 atom stereocenters. The Hall–Kier alpha value is -3.13. The Labute approximate surface area is 159 Å². The van der Waals surface area contributed by atoms with Crippen LogP contribution in [0.15, 0.2) is 48.5 Å². The van der Waals surface area contributed by atoms with Gasteiger partial charge in [-0.3, -0.25) is 19.8 Å². The number of benzene rings is 2. The van der Waals surface area contributed by atoms with Crippen molar-refractivity contribution in [2.75, 3.05) is 13.2 Å². The van der Waals surface area contributed by atoms with Crippen molar-refractivity contribution in [2.45, 2.75) is 12.5 Å². The van der Waals surface area contributed by atoms with Crippen molar-refractivity contribution in [3.8, 4) is 5.75 Å². The number of hydrogen-bond acceptors (Lipinski definition) is 5. The van der Waals surface area contributed by atoms with Gasteiger partial charge in [-0.1, -0.05) is 29.8 Å². The lowest BCUT2D eigenvalue weighted by Crippen LogP contribution is -2.41. The van der Waals surface area contributed by atoms with Crippen LogP contribution < -0.4 is 10.1 Å². The topological polar surface area (TPSA) is 102 Å². The van der Waals surface area contributed by atoms with E-state index in [2.05, 4.69) is 5.32 Å². The highest BCUT2D eigenvalue weighted by Gasteiger charge is 2.49. The second-order valence-electron chi connectivity index (χ2n) is 6.13. The Morgan fingerprint density at radius 3 is 2.67 bits per heavy atom. The molecule has 1 saturated heterocycles. The molecule has 0 aromatic heterocycles. The van der Waals surface area contributed by atoms with Gasteiger partial charge in [-0.2, -0.15) is 0 Å². The highest BCUT2D eigenvalue weighted by molar-refractivity contribution is 6.30. The number of nitro benzene ring substituents is 1. The number of rotatable bonds is 6. The minimum absolute atomic E-state index is 0.0295. The summed E-state index contributed by atoms with van der Waals surface area (Å²) in [5.74, 6) is 0.0266. The number of ether oxygens (including phenoxy) is 1. The molecule has 1 aliphatic heterocycles. The molecule has 1 aliphatic rings. The Bertz CT molecular complexity index is 919. The maximum Gasteiger partial charge on any atom is 0.325 e. The zero-order chi connectivity index (χ0) is 19.6. The molecule has 2 aromatic rings. The highest BCUT2D eigenvalue weighted by atomic mass is 35.5. The van der Waals surface area contributed by atoms with E-state index >= 15 is 0 Å². The van der Waals surface area contributed by atoms with Gasteiger partial charge in [-0.15, -0.1) is 0 Å². The molecule has 2 aromatic carbocycles. The number of amides is 3. The molecule has 0 saturated carbocycles. The fraction of sp³-hybridized carbons (Fsp3) is 0.222. The van der Waals surface area contributed by atoms with Gasteiger partial charge in [0.05, 0.1) is 11.5 Å². The van der Waals surface area contributed by atoms with Crippen molar-refractivity contribution >= 4 is 29.2 Å². The van der Waals surface area contributed by atoms with E-state index in [-0.39, 0.29) is 18.8 Å². The second kappa shape index (κ2) is 7.24. The summed E-state index contributed by atoms with van der Waals surface area (Å²) in [5, 5.41) is 14.1. The molecule has 0 radical (unpaired) electrons. The van der Waals surface area contributed by atoms with Crippen molar-refractivity contribution in [3.63, 3.8) is 0 Å². The van der Waals surface area contributed by atoms with Gasteiger partial charge in [0, 0.05) is 17.2 Å². The standard InChI is InChI=1S/C18H16ClN3O5/c1-18(12-4-2-6-14(10-12)22(25)26)16(23)21(17(24)20-18)8-9-27-15-7-3-5-13(19)11-15/h2-7,10-11H,8-9H2,1H3,(H,20,24). The normalized spacial score (nSPS) is 19.1. The summed E-state index contributed by atoms with van der Waals surface area (Å²) in [4.78, 5) is 36.5. The number of nitro groups is 1. The molecule has 27 heavy (non-hydrogen) atoms.